The summed E-state index contributed by atoms with van der Waals surface area (Å²) in [6, 6.07) is 7.74. The first-order chi connectivity index (χ1) is 7.76. The maximum absolute atomic E-state index is 12.3. The second kappa shape index (κ2) is 4.84. The van der Waals surface area contributed by atoms with Gasteiger partial charge in [-0.15, -0.1) is 0 Å². The van der Waals surface area contributed by atoms with Crippen molar-refractivity contribution < 1.29 is 4.79 Å². The van der Waals surface area contributed by atoms with E-state index in [1.165, 1.54) is 0 Å². The van der Waals surface area contributed by atoms with E-state index < -0.39 is 5.41 Å². The second-order valence-electron chi connectivity index (χ2n) is 4.69. The molecule has 1 amide bonds. The largest absolute Gasteiger partial charge is 0.392 e. The Morgan fingerprint density at radius 1 is 1.29 bits per heavy atom. The predicted molar refractivity (Wildman–Crippen MR) is 75.2 cm³/mol. The maximum atomic E-state index is 12.3. The van der Waals surface area contributed by atoms with Gasteiger partial charge in [-0.05, 0) is 32.9 Å². The van der Waals surface area contributed by atoms with E-state index in [0.29, 0.717) is 0 Å². The first-order valence-corrected chi connectivity index (χ1v) is 5.82. The van der Waals surface area contributed by atoms with Crippen LogP contribution in [-0.4, -0.2) is 17.9 Å². The fraction of sp³-hybridized carbons (Fsp3) is 0.385. The Labute approximate surface area is 108 Å². The van der Waals surface area contributed by atoms with Crippen LogP contribution in [0.5, 0.6) is 0 Å². The lowest BCUT2D eigenvalue weighted by Crippen LogP contribution is -2.45. The van der Waals surface area contributed by atoms with E-state index in [2.05, 4.69) is 0 Å². The van der Waals surface area contributed by atoms with E-state index in [1.54, 1.807) is 25.8 Å². The lowest BCUT2D eigenvalue weighted by molar-refractivity contribution is -0.123. The van der Waals surface area contributed by atoms with Crippen LogP contribution in [-0.2, 0) is 4.79 Å². The molecule has 0 spiro atoms. The highest BCUT2D eigenvalue weighted by atomic mass is 32.1. The van der Waals surface area contributed by atoms with Crippen LogP contribution in [0.2, 0.25) is 0 Å². The number of nitrogens with two attached hydrogens (primary N) is 1. The van der Waals surface area contributed by atoms with Gasteiger partial charge in [0.25, 0.3) is 0 Å². The van der Waals surface area contributed by atoms with Crippen LogP contribution in [0.3, 0.4) is 0 Å². The zero-order valence-electron chi connectivity index (χ0n) is 10.7. The average molecular weight is 250 g/mol. The number of hydrogen-bond donors (Lipinski definition) is 1. The monoisotopic (exact) mass is 250 g/mol. The number of thiocarbonyl (C=S) groups is 1. The normalized spacial score (nSPS) is 11.1. The molecule has 4 heteroatoms. The molecule has 0 atom stereocenters. The molecule has 0 aliphatic rings. The van der Waals surface area contributed by atoms with Gasteiger partial charge in [0, 0.05) is 12.7 Å². The molecule has 1 aromatic rings. The number of carbonyl (C=O) groups excluding carboxylic acids is 1. The van der Waals surface area contributed by atoms with Gasteiger partial charge in [0.15, 0.2) is 0 Å². The van der Waals surface area contributed by atoms with Gasteiger partial charge in [0.2, 0.25) is 5.91 Å². The standard InChI is InChI=1S/C13H18N2OS/c1-9-5-7-10(8-6-9)15(4)12(16)13(2,3)11(14)17/h5-8H,1-4H3,(H2,14,17). The number of benzene rings is 1. The summed E-state index contributed by atoms with van der Waals surface area (Å²) >= 11 is 4.93. The molecule has 3 nitrogen and oxygen atoms in total. The van der Waals surface area contributed by atoms with Gasteiger partial charge >= 0.3 is 0 Å². The molecule has 0 saturated carbocycles. The molecule has 0 aliphatic heterocycles. The van der Waals surface area contributed by atoms with Crippen molar-refractivity contribution in [3.63, 3.8) is 0 Å². The lowest BCUT2D eigenvalue weighted by atomic mass is 9.91. The molecule has 92 valence electrons. The van der Waals surface area contributed by atoms with Crippen molar-refractivity contribution in [1.29, 1.82) is 0 Å². The van der Waals surface area contributed by atoms with Crippen LogP contribution >= 0.6 is 12.2 Å². The number of hydrogen-bond acceptors (Lipinski definition) is 2. The summed E-state index contributed by atoms with van der Waals surface area (Å²) in [4.78, 5) is 14.0. The molecule has 17 heavy (non-hydrogen) atoms. The Balaban J connectivity index is 2.98. The molecule has 0 aromatic heterocycles. The van der Waals surface area contributed by atoms with E-state index in [4.69, 9.17) is 18.0 Å². The van der Waals surface area contributed by atoms with Gasteiger partial charge in [-0.25, -0.2) is 0 Å². The van der Waals surface area contributed by atoms with Crippen LogP contribution < -0.4 is 10.6 Å². The first kappa shape index (κ1) is 13.6. The maximum Gasteiger partial charge on any atom is 0.239 e. The summed E-state index contributed by atoms with van der Waals surface area (Å²) in [5, 5.41) is 0. The van der Waals surface area contributed by atoms with Crippen LogP contribution in [0.4, 0.5) is 5.69 Å². The van der Waals surface area contributed by atoms with Gasteiger partial charge in [-0.1, -0.05) is 29.9 Å². The molecule has 0 aliphatic carbocycles. The van der Waals surface area contributed by atoms with Crippen molar-refractivity contribution >= 4 is 28.8 Å². The zero-order chi connectivity index (χ0) is 13.2. The highest BCUT2D eigenvalue weighted by molar-refractivity contribution is 7.80. The third-order valence-electron chi connectivity index (χ3n) is 2.88. The van der Waals surface area contributed by atoms with E-state index in [9.17, 15) is 4.79 Å². The number of aryl methyl sites for hydroxylation is 1. The molecule has 1 aromatic carbocycles. The van der Waals surface area contributed by atoms with Crippen LogP contribution in [0.1, 0.15) is 19.4 Å². The summed E-state index contributed by atoms with van der Waals surface area (Å²) in [6.07, 6.45) is 0. The molecule has 0 bridgehead atoms. The Hall–Kier alpha value is -1.42. The van der Waals surface area contributed by atoms with E-state index in [0.717, 1.165) is 11.3 Å². The minimum absolute atomic E-state index is 0.103. The van der Waals surface area contributed by atoms with Crippen molar-refractivity contribution in [1.82, 2.24) is 0 Å². The summed E-state index contributed by atoms with van der Waals surface area (Å²) in [7, 11) is 1.73. The number of anilines is 1. The van der Waals surface area contributed by atoms with Gasteiger partial charge < -0.3 is 10.6 Å². The predicted octanol–water partition coefficient (Wildman–Crippen LogP) is 2.27. The number of rotatable bonds is 3. The van der Waals surface area contributed by atoms with Gasteiger partial charge in [-0.3, -0.25) is 4.79 Å². The summed E-state index contributed by atoms with van der Waals surface area (Å²) in [5.41, 5.74) is 6.76. The van der Waals surface area contributed by atoms with Gasteiger partial charge in [0.1, 0.15) is 0 Å². The molecule has 0 unspecified atom stereocenters. The summed E-state index contributed by atoms with van der Waals surface area (Å²) in [6.45, 7) is 5.48. The Kier molecular flexibility index (Phi) is 3.88. The zero-order valence-corrected chi connectivity index (χ0v) is 11.5. The first-order valence-electron chi connectivity index (χ1n) is 5.41. The van der Waals surface area contributed by atoms with Crippen molar-refractivity contribution in [3.05, 3.63) is 29.8 Å². The summed E-state index contributed by atoms with van der Waals surface area (Å²) in [5.74, 6) is -0.103. The molecule has 1 rings (SSSR count). The molecule has 0 saturated heterocycles. The number of amides is 1. The van der Waals surface area contributed by atoms with Gasteiger partial charge in [0.05, 0.1) is 10.4 Å². The number of nitrogens with zero attached hydrogens (tertiary/aromatic N) is 1. The Bertz CT molecular complexity index is 437. The minimum atomic E-state index is -0.824. The molecule has 0 radical (unpaired) electrons. The highest BCUT2D eigenvalue weighted by Gasteiger charge is 2.33. The summed E-state index contributed by atoms with van der Waals surface area (Å²) < 4.78 is 0. The smallest absolute Gasteiger partial charge is 0.239 e. The molecular weight excluding hydrogens is 232 g/mol. The third-order valence-corrected chi connectivity index (χ3v) is 3.39. The quantitative estimate of drug-likeness (QED) is 0.837. The van der Waals surface area contributed by atoms with Gasteiger partial charge in [-0.2, -0.15) is 0 Å². The van der Waals surface area contributed by atoms with Crippen molar-refractivity contribution in [2.75, 3.05) is 11.9 Å². The Morgan fingerprint density at radius 3 is 2.18 bits per heavy atom. The Morgan fingerprint density at radius 2 is 1.76 bits per heavy atom. The average Bonchev–Trinajstić information content (AvgIpc) is 2.27. The fourth-order valence-corrected chi connectivity index (χ4v) is 1.50. The molecule has 0 heterocycles. The van der Waals surface area contributed by atoms with Crippen molar-refractivity contribution in [2.45, 2.75) is 20.8 Å². The van der Waals surface area contributed by atoms with E-state index >= 15 is 0 Å². The highest BCUT2D eigenvalue weighted by Crippen LogP contribution is 2.23. The number of carbonyl (C=O) groups is 1. The molecule has 2 N–H and O–H groups in total. The minimum Gasteiger partial charge on any atom is -0.392 e. The third kappa shape index (κ3) is 2.82. The van der Waals surface area contributed by atoms with Crippen LogP contribution in [0, 0.1) is 12.3 Å². The van der Waals surface area contributed by atoms with Crippen molar-refractivity contribution in [2.24, 2.45) is 11.1 Å². The SMILES string of the molecule is Cc1ccc(N(C)C(=O)C(C)(C)C(N)=S)cc1. The van der Waals surface area contributed by atoms with Crippen molar-refractivity contribution in [3.8, 4) is 0 Å². The topological polar surface area (TPSA) is 46.3 Å². The van der Waals surface area contributed by atoms with Crippen LogP contribution in [0.15, 0.2) is 24.3 Å². The van der Waals surface area contributed by atoms with E-state index in [1.807, 2.05) is 31.2 Å². The van der Waals surface area contributed by atoms with E-state index in [-0.39, 0.29) is 10.9 Å². The fourth-order valence-electron chi connectivity index (χ4n) is 1.41. The lowest BCUT2D eigenvalue weighted by Gasteiger charge is -2.28. The van der Waals surface area contributed by atoms with Crippen LogP contribution in [0.25, 0.3) is 0 Å². The molecule has 0 fully saturated rings. The molecular formula is C13H18N2OS. The second-order valence-corrected chi connectivity index (χ2v) is 5.13.